The smallest absolute Gasteiger partial charge is 0.257 e. The molecule has 0 radical (unpaired) electrons. The van der Waals surface area contributed by atoms with Crippen molar-refractivity contribution < 1.29 is 17.6 Å². The maximum Gasteiger partial charge on any atom is 0.257 e. The van der Waals surface area contributed by atoms with Gasteiger partial charge in [0.2, 0.25) is 10.0 Å². The highest BCUT2D eigenvalue weighted by molar-refractivity contribution is 7.92. The molecular weight excluding hydrogens is 443 g/mol. The average molecular weight is 461 g/mol. The fourth-order valence-electron chi connectivity index (χ4n) is 3.11. The van der Waals surface area contributed by atoms with E-state index in [1.807, 2.05) is 6.07 Å². The number of hydrogen-bond donors (Lipinski definition) is 3. The van der Waals surface area contributed by atoms with Crippen LogP contribution in [-0.4, -0.2) is 25.6 Å². The molecule has 1 aromatic heterocycles. The molecule has 7 nitrogen and oxygen atoms in total. The number of carbonyl (C=O) groups excluding carboxylic acids is 1. The van der Waals surface area contributed by atoms with Gasteiger partial charge in [0.15, 0.2) is 0 Å². The molecule has 3 rings (SSSR count). The molecule has 1 heterocycles. The van der Waals surface area contributed by atoms with Crippen LogP contribution in [0.15, 0.2) is 42.6 Å². The molecule has 0 aliphatic rings. The second-order valence-corrected chi connectivity index (χ2v) is 9.19. The van der Waals surface area contributed by atoms with Gasteiger partial charge in [-0.25, -0.2) is 12.8 Å². The lowest BCUT2D eigenvalue weighted by Crippen LogP contribution is -2.13. The van der Waals surface area contributed by atoms with Crippen molar-refractivity contribution in [1.82, 2.24) is 4.98 Å². The largest absolute Gasteiger partial charge is 0.364 e. The molecule has 0 saturated carbocycles. The maximum atomic E-state index is 13.5. The van der Waals surface area contributed by atoms with Gasteiger partial charge in [0.1, 0.15) is 5.82 Å². The van der Waals surface area contributed by atoms with E-state index in [0.717, 1.165) is 6.26 Å². The Kier molecular flexibility index (Phi) is 6.34. The quantitative estimate of drug-likeness (QED) is 0.511. The standard InChI is InChI=1S/C21H18ClFN4O3S/c1-12-3-16(23)4-13(10-24)20(12)9-17-5-14(11-25-17)21(28)26-18-6-15(22)7-19(8-18)27-31(2,29)30/h3-8,11,25,27H,9H2,1-2H3,(H,26,28). The fourth-order valence-corrected chi connectivity index (χ4v) is 3.89. The van der Waals surface area contributed by atoms with Crippen LogP contribution in [-0.2, 0) is 16.4 Å². The number of amides is 1. The first-order chi connectivity index (χ1) is 14.5. The normalized spacial score (nSPS) is 11.1. The van der Waals surface area contributed by atoms with E-state index in [9.17, 15) is 22.9 Å². The number of halogens is 2. The zero-order chi connectivity index (χ0) is 22.8. The molecule has 0 saturated heterocycles. The van der Waals surface area contributed by atoms with Crippen LogP contribution >= 0.6 is 11.6 Å². The number of sulfonamides is 1. The van der Waals surface area contributed by atoms with Gasteiger partial charge in [-0.15, -0.1) is 0 Å². The van der Waals surface area contributed by atoms with E-state index in [-0.39, 0.29) is 16.3 Å². The van der Waals surface area contributed by atoms with Crippen molar-refractivity contribution in [3.05, 3.63) is 81.4 Å². The molecule has 10 heteroatoms. The van der Waals surface area contributed by atoms with Crippen molar-refractivity contribution in [1.29, 1.82) is 5.26 Å². The van der Waals surface area contributed by atoms with Crippen LogP contribution in [0.1, 0.15) is 32.7 Å². The Morgan fingerprint density at radius 1 is 1.19 bits per heavy atom. The molecule has 0 bridgehead atoms. The van der Waals surface area contributed by atoms with Gasteiger partial charge in [-0.1, -0.05) is 11.6 Å². The zero-order valence-electron chi connectivity index (χ0n) is 16.6. The minimum Gasteiger partial charge on any atom is -0.364 e. The number of aromatic amines is 1. The van der Waals surface area contributed by atoms with Crippen LogP contribution in [0.3, 0.4) is 0 Å². The Hall–Kier alpha value is -3.35. The molecule has 0 aliphatic heterocycles. The topological polar surface area (TPSA) is 115 Å². The van der Waals surface area contributed by atoms with E-state index in [0.29, 0.717) is 34.5 Å². The van der Waals surface area contributed by atoms with Crippen molar-refractivity contribution >= 4 is 38.9 Å². The van der Waals surface area contributed by atoms with E-state index in [2.05, 4.69) is 15.0 Å². The predicted octanol–water partition coefficient (Wildman–Crippen LogP) is 4.20. The SMILES string of the molecule is Cc1cc(F)cc(C#N)c1Cc1cc(C(=O)Nc2cc(Cl)cc(NS(C)(=O)=O)c2)c[nH]1. The number of rotatable bonds is 6. The van der Waals surface area contributed by atoms with Gasteiger partial charge in [0.25, 0.3) is 5.91 Å². The summed E-state index contributed by atoms with van der Waals surface area (Å²) in [6.45, 7) is 1.72. The third kappa shape index (κ3) is 5.84. The number of aryl methyl sites for hydroxylation is 1. The lowest BCUT2D eigenvalue weighted by Gasteiger charge is -2.09. The summed E-state index contributed by atoms with van der Waals surface area (Å²) in [5, 5.41) is 12.2. The summed E-state index contributed by atoms with van der Waals surface area (Å²) in [6.07, 6.45) is 2.84. The highest BCUT2D eigenvalue weighted by Gasteiger charge is 2.14. The van der Waals surface area contributed by atoms with Crippen molar-refractivity contribution in [3.63, 3.8) is 0 Å². The minimum atomic E-state index is -3.50. The van der Waals surface area contributed by atoms with Gasteiger partial charge in [-0.3, -0.25) is 9.52 Å². The Balaban J connectivity index is 1.78. The molecular formula is C21H18ClFN4O3S. The molecule has 31 heavy (non-hydrogen) atoms. The molecule has 1 amide bonds. The molecule has 0 unspecified atom stereocenters. The first-order valence-electron chi connectivity index (χ1n) is 9.00. The van der Waals surface area contributed by atoms with Crippen LogP contribution < -0.4 is 10.0 Å². The minimum absolute atomic E-state index is 0.218. The van der Waals surface area contributed by atoms with Crippen LogP contribution in [0.25, 0.3) is 0 Å². The Bertz CT molecular complexity index is 1310. The van der Waals surface area contributed by atoms with Crippen LogP contribution in [0, 0.1) is 24.1 Å². The highest BCUT2D eigenvalue weighted by atomic mass is 35.5. The maximum absolute atomic E-state index is 13.5. The van der Waals surface area contributed by atoms with E-state index in [4.69, 9.17) is 11.6 Å². The molecule has 0 atom stereocenters. The molecule has 2 aromatic carbocycles. The summed E-state index contributed by atoms with van der Waals surface area (Å²) in [5.41, 5.74) is 3.07. The first kappa shape index (κ1) is 22.3. The highest BCUT2D eigenvalue weighted by Crippen LogP contribution is 2.24. The van der Waals surface area contributed by atoms with Crippen molar-refractivity contribution in [2.45, 2.75) is 13.3 Å². The van der Waals surface area contributed by atoms with Crippen LogP contribution in [0.2, 0.25) is 5.02 Å². The first-order valence-corrected chi connectivity index (χ1v) is 11.3. The van der Waals surface area contributed by atoms with Gasteiger partial charge >= 0.3 is 0 Å². The van der Waals surface area contributed by atoms with E-state index in [1.165, 1.54) is 36.5 Å². The number of benzene rings is 2. The van der Waals surface area contributed by atoms with Gasteiger partial charge < -0.3 is 10.3 Å². The average Bonchev–Trinajstić information content (AvgIpc) is 3.10. The fraction of sp³-hybridized carbons (Fsp3) is 0.143. The number of carbonyl (C=O) groups is 1. The summed E-state index contributed by atoms with van der Waals surface area (Å²) >= 11 is 6.01. The Morgan fingerprint density at radius 2 is 1.90 bits per heavy atom. The molecule has 0 fully saturated rings. The number of nitrogens with one attached hydrogen (secondary N) is 3. The van der Waals surface area contributed by atoms with Crippen molar-refractivity contribution in [2.24, 2.45) is 0 Å². The molecule has 0 aliphatic carbocycles. The lowest BCUT2D eigenvalue weighted by molar-refractivity contribution is 0.102. The summed E-state index contributed by atoms with van der Waals surface area (Å²) in [4.78, 5) is 15.6. The van der Waals surface area contributed by atoms with Gasteiger partial charge in [0.05, 0.1) is 29.1 Å². The Labute approximate surface area is 183 Å². The van der Waals surface area contributed by atoms with Crippen LogP contribution in [0.5, 0.6) is 0 Å². The van der Waals surface area contributed by atoms with Gasteiger partial charge in [-0.05, 0) is 54.4 Å². The third-order valence-corrected chi connectivity index (χ3v) is 5.21. The number of hydrogen-bond acceptors (Lipinski definition) is 4. The lowest BCUT2D eigenvalue weighted by atomic mass is 9.98. The van der Waals surface area contributed by atoms with E-state index in [1.54, 1.807) is 13.0 Å². The summed E-state index contributed by atoms with van der Waals surface area (Å²) in [5.74, 6) is -0.915. The van der Waals surface area contributed by atoms with Crippen LogP contribution in [0.4, 0.5) is 15.8 Å². The van der Waals surface area contributed by atoms with E-state index < -0.39 is 21.7 Å². The van der Waals surface area contributed by atoms with Gasteiger partial charge in [-0.2, -0.15) is 5.26 Å². The zero-order valence-corrected chi connectivity index (χ0v) is 18.2. The summed E-state index contributed by atoms with van der Waals surface area (Å²) in [7, 11) is -3.50. The number of nitrogens with zero attached hydrogens (tertiary/aromatic N) is 1. The Morgan fingerprint density at radius 3 is 2.58 bits per heavy atom. The molecule has 0 spiro atoms. The van der Waals surface area contributed by atoms with E-state index >= 15 is 0 Å². The van der Waals surface area contributed by atoms with Gasteiger partial charge in [0, 0.05) is 29.0 Å². The van der Waals surface area contributed by atoms with Crippen molar-refractivity contribution in [3.8, 4) is 6.07 Å². The summed E-state index contributed by atoms with van der Waals surface area (Å²) in [6, 6.07) is 10.5. The monoisotopic (exact) mass is 460 g/mol. The number of anilines is 2. The number of H-pyrrole nitrogens is 1. The number of aromatic nitrogens is 1. The second-order valence-electron chi connectivity index (χ2n) is 7.01. The molecule has 160 valence electrons. The summed E-state index contributed by atoms with van der Waals surface area (Å²) < 4.78 is 38.7. The molecule has 3 aromatic rings. The van der Waals surface area contributed by atoms with Crippen molar-refractivity contribution in [2.75, 3.05) is 16.3 Å². The third-order valence-electron chi connectivity index (χ3n) is 4.39. The molecule has 3 N–H and O–H groups in total. The predicted molar refractivity (Wildman–Crippen MR) is 117 cm³/mol. The number of nitriles is 1. The second kappa shape index (κ2) is 8.79.